The van der Waals surface area contributed by atoms with Gasteiger partial charge in [0, 0.05) is 12.1 Å². The van der Waals surface area contributed by atoms with Crippen molar-refractivity contribution < 1.29 is 14.2 Å². The number of nitrogens with one attached hydrogen (secondary N) is 2. The zero-order valence-electron chi connectivity index (χ0n) is 15.0. The predicted molar refractivity (Wildman–Crippen MR) is 104 cm³/mol. The van der Waals surface area contributed by atoms with Crippen molar-refractivity contribution in [2.75, 3.05) is 32.0 Å². The molecule has 27 heavy (non-hydrogen) atoms. The summed E-state index contributed by atoms with van der Waals surface area (Å²) in [5.41, 5.74) is 1.35. The maximum absolute atomic E-state index is 6.13. The fraction of sp³-hybridized carbons (Fsp3) is 0.167. The molecule has 9 heteroatoms. The Hall–Kier alpha value is -3.26. The molecule has 1 heterocycles. The molecule has 0 radical (unpaired) electrons. The summed E-state index contributed by atoms with van der Waals surface area (Å²) < 4.78 is 15.9. The number of ether oxygens (including phenoxy) is 3. The summed E-state index contributed by atoms with van der Waals surface area (Å²) in [6.45, 7) is 0. The van der Waals surface area contributed by atoms with Gasteiger partial charge in [-0.2, -0.15) is 10.1 Å². The molecule has 3 aromatic rings. The number of hydrogen-bond donors (Lipinski definition) is 2. The molecule has 140 valence electrons. The van der Waals surface area contributed by atoms with Crippen LogP contribution in [0.15, 0.2) is 42.6 Å². The molecule has 0 amide bonds. The van der Waals surface area contributed by atoms with Crippen molar-refractivity contribution in [1.29, 1.82) is 0 Å². The van der Waals surface area contributed by atoms with Crippen LogP contribution in [0.5, 0.6) is 17.2 Å². The minimum absolute atomic E-state index is 0.310. The lowest BCUT2D eigenvalue weighted by atomic mass is 10.2. The van der Waals surface area contributed by atoms with Crippen LogP contribution < -0.4 is 24.8 Å². The molecule has 0 unspecified atom stereocenters. The van der Waals surface area contributed by atoms with E-state index in [9.17, 15) is 0 Å². The minimum Gasteiger partial charge on any atom is -0.495 e. The number of nitrogens with zero attached hydrogens (tertiary/aromatic N) is 3. The Bertz CT molecular complexity index is 939. The Morgan fingerprint density at radius 2 is 1.59 bits per heavy atom. The summed E-state index contributed by atoms with van der Waals surface area (Å²) >= 11 is 6.13. The van der Waals surface area contributed by atoms with Gasteiger partial charge in [-0.15, -0.1) is 5.10 Å². The lowest BCUT2D eigenvalue weighted by Gasteiger charge is -2.14. The van der Waals surface area contributed by atoms with Crippen LogP contribution in [-0.4, -0.2) is 36.5 Å². The van der Waals surface area contributed by atoms with Crippen LogP contribution in [0.2, 0.25) is 5.02 Å². The molecule has 3 rings (SSSR count). The molecule has 0 fully saturated rings. The van der Waals surface area contributed by atoms with Crippen LogP contribution in [0.1, 0.15) is 0 Å². The van der Waals surface area contributed by atoms with Gasteiger partial charge in [0.25, 0.3) is 0 Å². The van der Waals surface area contributed by atoms with E-state index in [4.69, 9.17) is 25.8 Å². The number of halogens is 1. The van der Waals surface area contributed by atoms with Crippen molar-refractivity contribution in [2.45, 2.75) is 0 Å². The standard InChI is InChI=1S/C18H18ClN5O3/c1-25-14-7-5-4-6-12(14)22-18-23-17(10-20-24-18)21-13-9-15(26-2)11(19)8-16(13)27-3/h4-10H,1-3H3,(H2,21,22,23,24). The minimum atomic E-state index is 0.310. The highest BCUT2D eigenvalue weighted by molar-refractivity contribution is 6.32. The first-order valence-electron chi connectivity index (χ1n) is 7.93. The van der Waals surface area contributed by atoms with Gasteiger partial charge in [0.1, 0.15) is 17.2 Å². The number of aromatic nitrogens is 3. The maximum atomic E-state index is 6.13. The molecular weight excluding hydrogens is 370 g/mol. The van der Waals surface area contributed by atoms with Crippen LogP contribution in [0.25, 0.3) is 0 Å². The van der Waals surface area contributed by atoms with Gasteiger partial charge >= 0.3 is 0 Å². The molecule has 2 aromatic carbocycles. The van der Waals surface area contributed by atoms with Gasteiger partial charge in [-0.1, -0.05) is 23.7 Å². The number of para-hydroxylation sites is 2. The lowest BCUT2D eigenvalue weighted by molar-refractivity contribution is 0.405. The fourth-order valence-corrected chi connectivity index (χ4v) is 2.61. The van der Waals surface area contributed by atoms with E-state index in [2.05, 4.69) is 25.8 Å². The highest BCUT2D eigenvalue weighted by atomic mass is 35.5. The molecule has 0 bridgehead atoms. The summed E-state index contributed by atoms with van der Waals surface area (Å²) in [6, 6.07) is 10.8. The van der Waals surface area contributed by atoms with Crippen molar-refractivity contribution >= 4 is 34.7 Å². The summed E-state index contributed by atoms with van der Waals surface area (Å²) in [4.78, 5) is 4.41. The smallest absolute Gasteiger partial charge is 0.249 e. The summed E-state index contributed by atoms with van der Waals surface area (Å²) in [5, 5.41) is 14.6. The highest BCUT2D eigenvalue weighted by Crippen LogP contribution is 2.37. The maximum Gasteiger partial charge on any atom is 0.249 e. The van der Waals surface area contributed by atoms with E-state index in [1.54, 1.807) is 33.5 Å². The Kier molecular flexibility index (Phi) is 5.77. The second-order valence-electron chi connectivity index (χ2n) is 5.30. The molecule has 0 saturated carbocycles. The van der Waals surface area contributed by atoms with Crippen molar-refractivity contribution in [3.63, 3.8) is 0 Å². The third kappa shape index (κ3) is 4.29. The van der Waals surface area contributed by atoms with Crippen LogP contribution >= 0.6 is 11.6 Å². The number of rotatable bonds is 7. The van der Waals surface area contributed by atoms with Crippen molar-refractivity contribution in [3.8, 4) is 17.2 Å². The highest BCUT2D eigenvalue weighted by Gasteiger charge is 2.12. The lowest BCUT2D eigenvalue weighted by Crippen LogP contribution is -2.04. The van der Waals surface area contributed by atoms with Crippen LogP contribution in [-0.2, 0) is 0 Å². The topological polar surface area (TPSA) is 90.4 Å². The van der Waals surface area contributed by atoms with Gasteiger partial charge in [-0.3, -0.25) is 0 Å². The second kappa shape index (κ2) is 8.41. The van der Waals surface area contributed by atoms with E-state index in [0.717, 1.165) is 5.69 Å². The van der Waals surface area contributed by atoms with E-state index in [1.807, 2.05) is 24.3 Å². The van der Waals surface area contributed by atoms with Gasteiger partial charge in [0.2, 0.25) is 5.95 Å². The second-order valence-corrected chi connectivity index (χ2v) is 5.71. The average Bonchev–Trinajstić information content (AvgIpc) is 2.69. The molecule has 0 saturated heterocycles. The third-order valence-electron chi connectivity index (χ3n) is 3.65. The molecular formula is C18H18ClN5O3. The van der Waals surface area contributed by atoms with Gasteiger partial charge in [0.15, 0.2) is 5.82 Å². The van der Waals surface area contributed by atoms with Crippen LogP contribution in [0.4, 0.5) is 23.1 Å². The summed E-state index contributed by atoms with van der Waals surface area (Å²) in [7, 11) is 4.69. The number of benzene rings is 2. The van der Waals surface area contributed by atoms with E-state index < -0.39 is 0 Å². The zero-order chi connectivity index (χ0) is 19.2. The Morgan fingerprint density at radius 1 is 0.852 bits per heavy atom. The molecule has 8 nitrogen and oxygen atoms in total. The van der Waals surface area contributed by atoms with Crippen LogP contribution in [0, 0.1) is 0 Å². The average molecular weight is 388 g/mol. The summed E-state index contributed by atoms with van der Waals surface area (Å²) in [5.74, 6) is 2.49. The molecule has 0 spiro atoms. The van der Waals surface area contributed by atoms with E-state index >= 15 is 0 Å². The quantitative estimate of drug-likeness (QED) is 0.627. The Morgan fingerprint density at radius 3 is 2.33 bits per heavy atom. The summed E-state index contributed by atoms with van der Waals surface area (Å²) in [6.07, 6.45) is 1.49. The SMILES string of the molecule is COc1cc(Nc2cnnc(Nc3ccccc3OC)n2)c(OC)cc1Cl. The Balaban J connectivity index is 1.86. The Labute approximate surface area is 161 Å². The first-order valence-corrected chi connectivity index (χ1v) is 8.30. The number of anilines is 4. The van der Waals surface area contributed by atoms with Crippen LogP contribution in [0.3, 0.4) is 0 Å². The zero-order valence-corrected chi connectivity index (χ0v) is 15.7. The fourth-order valence-electron chi connectivity index (χ4n) is 2.38. The first kappa shape index (κ1) is 18.5. The van der Waals surface area contributed by atoms with Gasteiger partial charge < -0.3 is 24.8 Å². The van der Waals surface area contributed by atoms with E-state index in [0.29, 0.717) is 39.7 Å². The number of methoxy groups -OCH3 is 3. The molecule has 0 atom stereocenters. The predicted octanol–water partition coefficient (Wildman–Crippen LogP) is 4.04. The first-order chi connectivity index (χ1) is 13.1. The van der Waals surface area contributed by atoms with Gasteiger partial charge in [0.05, 0.1) is 43.9 Å². The van der Waals surface area contributed by atoms with Crippen molar-refractivity contribution in [3.05, 3.63) is 47.6 Å². The monoisotopic (exact) mass is 387 g/mol. The largest absolute Gasteiger partial charge is 0.495 e. The molecule has 0 aliphatic carbocycles. The van der Waals surface area contributed by atoms with Crippen molar-refractivity contribution in [2.24, 2.45) is 0 Å². The third-order valence-corrected chi connectivity index (χ3v) is 3.94. The van der Waals surface area contributed by atoms with Gasteiger partial charge in [-0.25, -0.2) is 0 Å². The van der Waals surface area contributed by atoms with Gasteiger partial charge in [-0.05, 0) is 12.1 Å². The van der Waals surface area contributed by atoms with E-state index in [-0.39, 0.29) is 0 Å². The number of hydrogen-bond acceptors (Lipinski definition) is 8. The molecule has 2 N–H and O–H groups in total. The normalized spacial score (nSPS) is 10.2. The van der Waals surface area contributed by atoms with Crippen molar-refractivity contribution in [1.82, 2.24) is 15.2 Å². The molecule has 0 aliphatic rings. The van der Waals surface area contributed by atoms with E-state index in [1.165, 1.54) is 6.20 Å². The molecule has 1 aromatic heterocycles. The molecule has 0 aliphatic heterocycles.